The molecule has 0 aliphatic carbocycles. The second kappa shape index (κ2) is 4.43. The average molecular weight is 262 g/mol. The first-order valence-electron chi connectivity index (χ1n) is 4.50. The highest BCUT2D eigenvalue weighted by Crippen LogP contribution is 2.21. The fourth-order valence-electron chi connectivity index (χ4n) is 1.25. The van der Waals surface area contributed by atoms with E-state index in [-0.39, 0.29) is 10.8 Å². The second-order valence-electron chi connectivity index (χ2n) is 3.62. The zero-order valence-electron chi connectivity index (χ0n) is 9.19. The lowest BCUT2D eigenvalue weighted by Gasteiger charge is -2.11. The normalized spacial score (nSPS) is 11.2. The van der Waals surface area contributed by atoms with Gasteiger partial charge < -0.3 is 4.90 Å². The van der Waals surface area contributed by atoms with E-state index in [1.807, 2.05) is 0 Å². The monoisotopic (exact) mass is 261 g/mol. The molecule has 0 bridgehead atoms. The van der Waals surface area contributed by atoms with Crippen LogP contribution in [0.2, 0.25) is 0 Å². The molecule has 16 heavy (non-hydrogen) atoms. The van der Waals surface area contributed by atoms with Gasteiger partial charge in [0.05, 0.1) is 4.90 Å². The maximum Gasteiger partial charge on any atom is 0.261 e. The number of hydrogen-bond donors (Lipinski definition) is 0. The summed E-state index contributed by atoms with van der Waals surface area (Å²) in [5, 5.41) is 0. The molecule has 0 aromatic heterocycles. The van der Waals surface area contributed by atoms with E-state index in [0.717, 1.165) is 0 Å². The van der Waals surface area contributed by atoms with Crippen LogP contribution in [0.5, 0.6) is 0 Å². The highest BCUT2D eigenvalue weighted by Gasteiger charge is 2.17. The van der Waals surface area contributed by atoms with Gasteiger partial charge in [0.1, 0.15) is 0 Å². The molecule has 0 saturated heterocycles. The van der Waals surface area contributed by atoms with Gasteiger partial charge >= 0.3 is 0 Å². The van der Waals surface area contributed by atoms with Gasteiger partial charge in [-0.05, 0) is 24.6 Å². The van der Waals surface area contributed by atoms with Crippen molar-refractivity contribution in [2.45, 2.75) is 11.8 Å². The standard InChI is InChI=1S/C10H12ClNO3S/c1-7-4-5-8(10(13)12(2)3)6-9(7)16(11,14)15/h4-6H,1-3H3. The Labute approximate surface area is 99.2 Å². The molecule has 0 aliphatic rings. The van der Waals surface area contributed by atoms with Crippen LogP contribution in [0.15, 0.2) is 23.1 Å². The Morgan fingerprint density at radius 2 is 1.88 bits per heavy atom. The summed E-state index contributed by atoms with van der Waals surface area (Å²) in [7, 11) is 4.64. The average Bonchev–Trinajstić information content (AvgIpc) is 2.15. The van der Waals surface area contributed by atoms with E-state index < -0.39 is 9.05 Å². The highest BCUT2D eigenvalue weighted by atomic mass is 35.7. The van der Waals surface area contributed by atoms with Crippen molar-refractivity contribution >= 4 is 25.6 Å². The van der Waals surface area contributed by atoms with Crippen LogP contribution in [0.3, 0.4) is 0 Å². The Bertz CT molecular complexity index is 523. The van der Waals surface area contributed by atoms with E-state index in [0.29, 0.717) is 11.1 Å². The molecule has 0 heterocycles. The maximum absolute atomic E-state index is 11.6. The van der Waals surface area contributed by atoms with E-state index in [9.17, 15) is 13.2 Å². The predicted octanol–water partition coefficient (Wildman–Crippen LogP) is 1.62. The van der Waals surface area contributed by atoms with Crippen LogP contribution >= 0.6 is 10.7 Å². The van der Waals surface area contributed by atoms with Crippen molar-refractivity contribution in [2.24, 2.45) is 0 Å². The quantitative estimate of drug-likeness (QED) is 0.761. The Kier molecular flexibility index (Phi) is 3.60. The van der Waals surface area contributed by atoms with Gasteiger partial charge in [0.2, 0.25) is 0 Å². The third kappa shape index (κ3) is 2.74. The van der Waals surface area contributed by atoms with Crippen LogP contribution in [-0.2, 0) is 9.05 Å². The van der Waals surface area contributed by atoms with Crippen LogP contribution < -0.4 is 0 Å². The van der Waals surface area contributed by atoms with Gasteiger partial charge in [-0.15, -0.1) is 0 Å². The van der Waals surface area contributed by atoms with Crippen molar-refractivity contribution < 1.29 is 13.2 Å². The minimum Gasteiger partial charge on any atom is -0.345 e. The minimum absolute atomic E-state index is 0.0260. The van der Waals surface area contributed by atoms with Crippen LogP contribution in [0.1, 0.15) is 15.9 Å². The fraction of sp³-hybridized carbons (Fsp3) is 0.300. The first-order chi connectivity index (χ1) is 7.23. The first kappa shape index (κ1) is 13.0. The summed E-state index contributed by atoms with van der Waals surface area (Å²) < 4.78 is 22.5. The Balaban J connectivity index is 3.34. The Morgan fingerprint density at radius 3 is 2.31 bits per heavy atom. The van der Waals surface area contributed by atoms with Crippen molar-refractivity contribution in [3.8, 4) is 0 Å². The molecule has 0 spiro atoms. The van der Waals surface area contributed by atoms with Gasteiger partial charge in [0, 0.05) is 30.3 Å². The predicted molar refractivity (Wildman–Crippen MR) is 62.2 cm³/mol. The first-order valence-corrected chi connectivity index (χ1v) is 6.81. The van der Waals surface area contributed by atoms with Crippen LogP contribution in [0.4, 0.5) is 0 Å². The number of benzene rings is 1. The lowest BCUT2D eigenvalue weighted by molar-refractivity contribution is 0.0827. The molecule has 0 fully saturated rings. The van der Waals surface area contributed by atoms with Crippen LogP contribution in [0, 0.1) is 6.92 Å². The zero-order chi connectivity index (χ0) is 12.5. The molecule has 0 unspecified atom stereocenters. The topological polar surface area (TPSA) is 54.5 Å². The van der Waals surface area contributed by atoms with Crippen LogP contribution in [-0.4, -0.2) is 33.3 Å². The number of aryl methyl sites for hydroxylation is 1. The smallest absolute Gasteiger partial charge is 0.261 e. The summed E-state index contributed by atoms with van der Waals surface area (Å²) in [6.07, 6.45) is 0. The van der Waals surface area contributed by atoms with E-state index in [1.54, 1.807) is 33.2 Å². The molecule has 88 valence electrons. The van der Waals surface area contributed by atoms with E-state index >= 15 is 0 Å². The molecular formula is C10H12ClNO3S. The van der Waals surface area contributed by atoms with Crippen molar-refractivity contribution in [3.63, 3.8) is 0 Å². The van der Waals surface area contributed by atoms with Gasteiger partial charge in [-0.1, -0.05) is 6.07 Å². The number of carbonyl (C=O) groups excluding carboxylic acids is 1. The summed E-state index contributed by atoms with van der Waals surface area (Å²) in [6.45, 7) is 1.62. The zero-order valence-corrected chi connectivity index (χ0v) is 10.8. The van der Waals surface area contributed by atoms with Gasteiger partial charge in [0.15, 0.2) is 0 Å². The maximum atomic E-state index is 11.6. The largest absolute Gasteiger partial charge is 0.345 e. The number of carbonyl (C=O) groups is 1. The van der Waals surface area contributed by atoms with Crippen molar-refractivity contribution in [1.82, 2.24) is 4.90 Å². The van der Waals surface area contributed by atoms with Crippen molar-refractivity contribution in [3.05, 3.63) is 29.3 Å². The molecule has 1 aromatic carbocycles. The molecule has 0 aliphatic heterocycles. The van der Waals surface area contributed by atoms with E-state index in [1.165, 1.54) is 11.0 Å². The molecule has 6 heteroatoms. The SMILES string of the molecule is Cc1ccc(C(=O)N(C)C)cc1S(=O)(=O)Cl. The third-order valence-electron chi connectivity index (χ3n) is 2.10. The van der Waals surface area contributed by atoms with Gasteiger partial charge in [0.25, 0.3) is 15.0 Å². The summed E-state index contributed by atoms with van der Waals surface area (Å²) in [4.78, 5) is 13.0. The second-order valence-corrected chi connectivity index (χ2v) is 6.15. The molecule has 0 radical (unpaired) electrons. The lowest BCUT2D eigenvalue weighted by Crippen LogP contribution is -2.21. The summed E-state index contributed by atoms with van der Waals surface area (Å²) >= 11 is 0. The Hall–Kier alpha value is -1.07. The number of halogens is 1. The number of hydrogen-bond acceptors (Lipinski definition) is 3. The number of nitrogens with zero attached hydrogens (tertiary/aromatic N) is 1. The summed E-state index contributed by atoms with van der Waals surface area (Å²) in [5.41, 5.74) is 0.820. The number of rotatable bonds is 2. The van der Waals surface area contributed by atoms with Crippen LogP contribution in [0.25, 0.3) is 0 Å². The summed E-state index contributed by atoms with van der Waals surface area (Å²) in [5.74, 6) is -0.262. The summed E-state index contributed by atoms with van der Waals surface area (Å²) in [6, 6.07) is 4.43. The van der Waals surface area contributed by atoms with Gasteiger partial charge in [-0.25, -0.2) is 8.42 Å². The molecule has 4 nitrogen and oxygen atoms in total. The molecule has 1 rings (SSSR count). The Morgan fingerprint density at radius 1 is 1.31 bits per heavy atom. The molecule has 1 aromatic rings. The third-order valence-corrected chi connectivity index (χ3v) is 3.57. The molecule has 0 saturated carbocycles. The molecule has 0 N–H and O–H groups in total. The molecular weight excluding hydrogens is 250 g/mol. The minimum atomic E-state index is -3.81. The van der Waals surface area contributed by atoms with E-state index in [2.05, 4.69) is 0 Å². The van der Waals surface area contributed by atoms with Crippen molar-refractivity contribution in [2.75, 3.05) is 14.1 Å². The molecule has 0 atom stereocenters. The van der Waals surface area contributed by atoms with Gasteiger partial charge in [-0.3, -0.25) is 4.79 Å². The highest BCUT2D eigenvalue weighted by molar-refractivity contribution is 8.13. The molecule has 1 amide bonds. The number of amides is 1. The van der Waals surface area contributed by atoms with E-state index in [4.69, 9.17) is 10.7 Å². The van der Waals surface area contributed by atoms with Crippen molar-refractivity contribution in [1.29, 1.82) is 0 Å². The fourth-order valence-corrected chi connectivity index (χ4v) is 2.47. The lowest BCUT2D eigenvalue weighted by atomic mass is 10.1. The van der Waals surface area contributed by atoms with Gasteiger partial charge in [-0.2, -0.15) is 0 Å².